The van der Waals surface area contributed by atoms with E-state index in [1.54, 1.807) is 50.2 Å². The highest BCUT2D eigenvalue weighted by Crippen LogP contribution is 2.41. The van der Waals surface area contributed by atoms with E-state index < -0.39 is 10.0 Å². The second-order valence-electron chi connectivity index (χ2n) is 10.8. The average molecular weight is 654 g/mol. The molecule has 0 amide bonds. The van der Waals surface area contributed by atoms with Gasteiger partial charge in [-0.25, -0.2) is 13.4 Å². The highest BCUT2D eigenvalue weighted by atomic mass is 32.2. The van der Waals surface area contributed by atoms with Crippen molar-refractivity contribution in [3.05, 3.63) is 60.2 Å². The summed E-state index contributed by atoms with van der Waals surface area (Å²) in [5.74, 6) is 0.384. The first kappa shape index (κ1) is 34.2. The molecule has 246 valence electrons. The number of methoxy groups -OCH3 is 1. The van der Waals surface area contributed by atoms with E-state index >= 15 is 0 Å². The molecule has 0 spiro atoms. The fourth-order valence-electron chi connectivity index (χ4n) is 4.10. The van der Waals surface area contributed by atoms with Gasteiger partial charge in [-0.05, 0) is 49.1 Å². The Morgan fingerprint density at radius 2 is 1.43 bits per heavy atom. The largest absolute Gasteiger partial charge is 0.493 e. The Morgan fingerprint density at radius 1 is 0.826 bits per heavy atom. The molecule has 2 aromatic heterocycles. The molecule has 4 rings (SSSR count). The number of sulfonamides is 1. The van der Waals surface area contributed by atoms with Gasteiger partial charge >= 0.3 is 0 Å². The van der Waals surface area contributed by atoms with Crippen molar-refractivity contribution in [3.63, 3.8) is 0 Å². The van der Waals surface area contributed by atoms with Gasteiger partial charge in [-0.1, -0.05) is 45.0 Å². The standard InChI is InChI=1S/C32H39N5O8S/c1-7-42-25-20-26(43-8-2)34-29(33-25)30-35-28(37-46(39,40)22-16-14-21(15-17-22)32(3,4)5)27(31(36-30)44-19-11-18-38)45-24-13-10-9-12-23(24)41-6/h9-10,12-17,20,38H,7-8,11,18-19H2,1-6H3,(H,35,36,37). The van der Waals surface area contributed by atoms with Gasteiger partial charge in [-0.3, -0.25) is 4.72 Å². The molecule has 0 atom stereocenters. The number of nitrogens with zero attached hydrogens (tertiary/aromatic N) is 4. The number of aliphatic hydroxyl groups excluding tert-OH is 1. The molecule has 0 aliphatic carbocycles. The SMILES string of the molecule is CCOc1cc(OCC)nc(-c2nc(NS(=O)(=O)c3ccc(C(C)(C)C)cc3)c(Oc3ccccc3OC)c(OCCCO)n2)n1. The molecule has 0 fully saturated rings. The Balaban J connectivity index is 1.92. The number of para-hydroxylation sites is 2. The van der Waals surface area contributed by atoms with E-state index in [0.29, 0.717) is 19.0 Å². The molecular weight excluding hydrogens is 614 g/mol. The van der Waals surface area contributed by atoms with Gasteiger partial charge in [0.2, 0.25) is 29.2 Å². The van der Waals surface area contributed by atoms with Crippen molar-refractivity contribution in [2.75, 3.05) is 38.3 Å². The van der Waals surface area contributed by atoms with Crippen LogP contribution in [0.25, 0.3) is 11.6 Å². The first-order chi connectivity index (χ1) is 22.0. The summed E-state index contributed by atoms with van der Waals surface area (Å²) in [7, 11) is -2.74. The lowest BCUT2D eigenvalue weighted by atomic mass is 9.87. The molecule has 2 aromatic carbocycles. The van der Waals surface area contributed by atoms with Crippen molar-refractivity contribution in [2.45, 2.75) is 51.3 Å². The topological polar surface area (TPSA) is 164 Å². The number of benzene rings is 2. The molecule has 4 aromatic rings. The summed E-state index contributed by atoms with van der Waals surface area (Å²) < 4.78 is 58.9. The number of aromatic nitrogens is 4. The molecule has 13 nitrogen and oxygen atoms in total. The molecule has 0 aliphatic rings. The van der Waals surface area contributed by atoms with E-state index in [4.69, 9.17) is 23.7 Å². The lowest BCUT2D eigenvalue weighted by Crippen LogP contribution is -2.17. The number of aliphatic hydroxyl groups is 1. The summed E-state index contributed by atoms with van der Waals surface area (Å²) in [5.41, 5.74) is 0.788. The summed E-state index contributed by atoms with van der Waals surface area (Å²) in [5, 5.41) is 9.41. The smallest absolute Gasteiger partial charge is 0.263 e. The van der Waals surface area contributed by atoms with Crippen LogP contribution >= 0.6 is 0 Å². The Bertz CT molecular complexity index is 1700. The van der Waals surface area contributed by atoms with E-state index in [-0.39, 0.29) is 76.6 Å². The van der Waals surface area contributed by atoms with Crippen molar-refractivity contribution in [3.8, 4) is 46.5 Å². The minimum atomic E-state index is -4.22. The third kappa shape index (κ3) is 8.52. The fourth-order valence-corrected chi connectivity index (χ4v) is 5.11. The number of hydrogen-bond donors (Lipinski definition) is 2. The van der Waals surface area contributed by atoms with Gasteiger partial charge in [0.25, 0.3) is 15.9 Å². The van der Waals surface area contributed by atoms with Crippen LogP contribution in [0.3, 0.4) is 0 Å². The van der Waals surface area contributed by atoms with Gasteiger partial charge < -0.3 is 28.8 Å². The minimum Gasteiger partial charge on any atom is -0.493 e. The first-order valence-electron chi connectivity index (χ1n) is 14.7. The maximum atomic E-state index is 13.8. The highest BCUT2D eigenvalue weighted by molar-refractivity contribution is 7.92. The van der Waals surface area contributed by atoms with E-state index in [0.717, 1.165) is 5.56 Å². The van der Waals surface area contributed by atoms with Crippen molar-refractivity contribution in [2.24, 2.45) is 0 Å². The molecule has 46 heavy (non-hydrogen) atoms. The van der Waals surface area contributed by atoms with Crippen LogP contribution in [0.5, 0.6) is 34.9 Å². The second-order valence-corrected chi connectivity index (χ2v) is 12.5. The van der Waals surface area contributed by atoms with Crippen LogP contribution in [-0.4, -0.2) is 67.0 Å². The zero-order chi connectivity index (χ0) is 33.3. The average Bonchev–Trinajstić information content (AvgIpc) is 3.02. The fraction of sp³-hybridized carbons (Fsp3) is 0.375. The lowest BCUT2D eigenvalue weighted by Gasteiger charge is -2.20. The van der Waals surface area contributed by atoms with Crippen LogP contribution < -0.4 is 28.4 Å². The molecule has 2 N–H and O–H groups in total. The van der Waals surface area contributed by atoms with Crippen LogP contribution in [0.15, 0.2) is 59.5 Å². The number of anilines is 1. The monoisotopic (exact) mass is 653 g/mol. The molecule has 0 aliphatic heterocycles. The number of rotatable bonds is 15. The normalized spacial score (nSPS) is 11.5. The predicted molar refractivity (Wildman–Crippen MR) is 172 cm³/mol. The van der Waals surface area contributed by atoms with Gasteiger partial charge in [-0.15, -0.1) is 0 Å². The summed E-state index contributed by atoms with van der Waals surface area (Å²) in [6.45, 7) is 10.2. The third-order valence-electron chi connectivity index (χ3n) is 6.38. The zero-order valence-electron chi connectivity index (χ0n) is 26.7. The van der Waals surface area contributed by atoms with Crippen molar-refractivity contribution in [1.29, 1.82) is 0 Å². The van der Waals surface area contributed by atoms with Crippen LogP contribution in [0.2, 0.25) is 0 Å². The number of nitrogens with one attached hydrogen (secondary N) is 1. The summed E-state index contributed by atoms with van der Waals surface area (Å²) in [6.07, 6.45) is 0.263. The van der Waals surface area contributed by atoms with Gasteiger partial charge in [0, 0.05) is 13.0 Å². The minimum absolute atomic E-state index is 0.000113. The highest BCUT2D eigenvalue weighted by Gasteiger charge is 2.27. The molecule has 0 bridgehead atoms. The van der Waals surface area contributed by atoms with E-state index in [1.807, 2.05) is 20.8 Å². The second kappa shape index (κ2) is 15.1. The quantitative estimate of drug-likeness (QED) is 0.157. The molecule has 0 saturated heterocycles. The molecule has 0 saturated carbocycles. The lowest BCUT2D eigenvalue weighted by molar-refractivity contribution is 0.224. The van der Waals surface area contributed by atoms with Crippen molar-refractivity contribution in [1.82, 2.24) is 19.9 Å². The number of ether oxygens (including phenoxy) is 5. The van der Waals surface area contributed by atoms with E-state index in [1.165, 1.54) is 25.3 Å². The number of hydrogen-bond acceptors (Lipinski definition) is 12. The van der Waals surface area contributed by atoms with Gasteiger partial charge in [0.1, 0.15) is 0 Å². The van der Waals surface area contributed by atoms with Gasteiger partial charge in [-0.2, -0.15) is 15.0 Å². The Kier molecular flexibility index (Phi) is 11.2. The molecule has 2 heterocycles. The maximum absolute atomic E-state index is 13.8. The van der Waals surface area contributed by atoms with Crippen LogP contribution in [-0.2, 0) is 15.4 Å². The summed E-state index contributed by atoms with van der Waals surface area (Å²) >= 11 is 0. The molecule has 0 unspecified atom stereocenters. The van der Waals surface area contributed by atoms with Crippen molar-refractivity contribution < 1.29 is 37.2 Å². The molecular formula is C32H39N5O8S. The third-order valence-corrected chi connectivity index (χ3v) is 7.74. The van der Waals surface area contributed by atoms with Gasteiger partial charge in [0.15, 0.2) is 17.3 Å². The predicted octanol–water partition coefficient (Wildman–Crippen LogP) is 5.39. The van der Waals surface area contributed by atoms with Crippen LogP contribution in [0.1, 0.15) is 46.6 Å². The van der Waals surface area contributed by atoms with E-state index in [9.17, 15) is 13.5 Å². The van der Waals surface area contributed by atoms with Crippen LogP contribution in [0, 0.1) is 0 Å². The Labute approximate surface area is 269 Å². The Hall–Kier alpha value is -4.69. The molecule has 14 heteroatoms. The Morgan fingerprint density at radius 3 is 2.00 bits per heavy atom. The summed E-state index contributed by atoms with van der Waals surface area (Å²) in [6, 6.07) is 14.9. The van der Waals surface area contributed by atoms with Crippen molar-refractivity contribution >= 4 is 15.8 Å². The first-order valence-corrected chi connectivity index (χ1v) is 16.2. The van der Waals surface area contributed by atoms with E-state index in [2.05, 4.69) is 24.7 Å². The zero-order valence-corrected chi connectivity index (χ0v) is 27.6. The van der Waals surface area contributed by atoms with Gasteiger partial charge in [0.05, 0.1) is 37.9 Å². The molecule has 0 radical (unpaired) electrons. The maximum Gasteiger partial charge on any atom is 0.263 e. The summed E-state index contributed by atoms with van der Waals surface area (Å²) in [4.78, 5) is 17.9. The van der Waals surface area contributed by atoms with Crippen LogP contribution in [0.4, 0.5) is 5.82 Å².